The molecule has 1 N–H and O–H groups in total. The highest BCUT2D eigenvalue weighted by atomic mass is 16.4. The van der Waals surface area contributed by atoms with E-state index in [1.165, 1.54) is 0 Å². The number of hydrogen-bond donors (Lipinski definition) is 1. The molecule has 84 valence electrons. The Morgan fingerprint density at radius 3 is 2.56 bits per heavy atom. The quantitative estimate of drug-likeness (QED) is 0.846. The van der Waals surface area contributed by atoms with Crippen LogP contribution in [0, 0.1) is 11.3 Å². The minimum Gasteiger partial charge on any atom is -0.478 e. The molecule has 16 heavy (non-hydrogen) atoms. The second-order valence-electron chi connectivity index (χ2n) is 4.27. The third-order valence-electron chi connectivity index (χ3n) is 2.69. The van der Waals surface area contributed by atoms with Crippen LogP contribution in [0.25, 0.3) is 0 Å². The Morgan fingerprint density at radius 1 is 1.50 bits per heavy atom. The molecule has 0 saturated carbocycles. The Hall–Kier alpha value is -1.82. The van der Waals surface area contributed by atoms with E-state index in [0.29, 0.717) is 0 Å². The first-order valence-electron chi connectivity index (χ1n) is 5.20. The van der Waals surface area contributed by atoms with Crippen LogP contribution in [-0.4, -0.2) is 11.1 Å². The maximum absolute atomic E-state index is 10.9. The van der Waals surface area contributed by atoms with Gasteiger partial charge in [-0.3, -0.25) is 0 Å². The third kappa shape index (κ3) is 2.22. The summed E-state index contributed by atoms with van der Waals surface area (Å²) in [5, 5.41) is 18.0. The highest BCUT2D eigenvalue weighted by Crippen LogP contribution is 2.27. The molecule has 1 rings (SSSR count). The van der Waals surface area contributed by atoms with Gasteiger partial charge in [-0.05, 0) is 43.5 Å². The van der Waals surface area contributed by atoms with Crippen molar-refractivity contribution in [1.29, 1.82) is 5.26 Å². The summed E-state index contributed by atoms with van der Waals surface area (Å²) in [7, 11) is 0. The molecule has 0 saturated heterocycles. The van der Waals surface area contributed by atoms with E-state index in [1.54, 1.807) is 32.0 Å². The van der Waals surface area contributed by atoms with Gasteiger partial charge in [0.15, 0.2) is 0 Å². The van der Waals surface area contributed by atoms with Crippen molar-refractivity contribution >= 4 is 5.97 Å². The minimum atomic E-state index is -0.961. The van der Waals surface area contributed by atoms with Gasteiger partial charge in [-0.15, -0.1) is 0 Å². The molecule has 0 amide bonds. The molecule has 0 fully saturated rings. The number of carboxylic acid groups (broad SMARTS) is 1. The molecular weight excluding hydrogens is 202 g/mol. The van der Waals surface area contributed by atoms with Gasteiger partial charge in [-0.2, -0.15) is 5.26 Å². The normalized spacial score (nSPS) is 10.9. The minimum absolute atomic E-state index is 0.232. The Balaban J connectivity index is 3.40. The van der Waals surface area contributed by atoms with Crippen molar-refractivity contribution in [3.8, 4) is 6.07 Å². The number of carboxylic acids is 1. The molecule has 0 spiro atoms. The Kier molecular flexibility index (Phi) is 3.34. The summed E-state index contributed by atoms with van der Waals surface area (Å²) in [6.45, 7) is 5.59. The van der Waals surface area contributed by atoms with Crippen LogP contribution in [0.3, 0.4) is 0 Å². The average molecular weight is 217 g/mol. The molecule has 0 radical (unpaired) electrons. The van der Waals surface area contributed by atoms with Crippen LogP contribution in [-0.2, 0) is 11.8 Å². The predicted molar refractivity (Wildman–Crippen MR) is 61.4 cm³/mol. The summed E-state index contributed by atoms with van der Waals surface area (Å²) in [5.74, 6) is -0.961. The van der Waals surface area contributed by atoms with Crippen molar-refractivity contribution in [2.45, 2.75) is 32.6 Å². The van der Waals surface area contributed by atoms with Crippen molar-refractivity contribution < 1.29 is 9.90 Å². The maximum atomic E-state index is 10.9. The summed E-state index contributed by atoms with van der Waals surface area (Å²) in [6, 6.07) is 7.18. The van der Waals surface area contributed by atoms with Crippen LogP contribution < -0.4 is 0 Å². The van der Waals surface area contributed by atoms with E-state index in [0.717, 1.165) is 17.5 Å². The Morgan fingerprint density at radius 2 is 2.12 bits per heavy atom. The van der Waals surface area contributed by atoms with E-state index in [4.69, 9.17) is 10.4 Å². The standard InChI is InChI=1S/C13H15NO2/c1-4-9-5-6-10(12(15)16)7-11(9)13(2,3)8-14/h5-7H,4H2,1-3H3,(H,15,16). The lowest BCUT2D eigenvalue weighted by Crippen LogP contribution is -2.17. The lowest BCUT2D eigenvalue weighted by atomic mass is 9.81. The molecular formula is C13H15NO2. The number of aromatic carboxylic acids is 1. The summed E-state index contributed by atoms with van der Waals surface area (Å²) in [4.78, 5) is 10.9. The Bertz CT molecular complexity index is 455. The Labute approximate surface area is 95.3 Å². The zero-order valence-electron chi connectivity index (χ0n) is 9.74. The monoisotopic (exact) mass is 217 g/mol. The van der Waals surface area contributed by atoms with Gasteiger partial charge in [0, 0.05) is 0 Å². The van der Waals surface area contributed by atoms with Gasteiger partial charge >= 0.3 is 5.97 Å². The van der Waals surface area contributed by atoms with Crippen LogP contribution in [0.5, 0.6) is 0 Å². The number of rotatable bonds is 3. The van der Waals surface area contributed by atoms with Gasteiger partial charge in [0.05, 0.1) is 17.0 Å². The maximum Gasteiger partial charge on any atom is 0.335 e. The largest absolute Gasteiger partial charge is 0.478 e. The number of benzene rings is 1. The van der Waals surface area contributed by atoms with Gasteiger partial charge in [-0.25, -0.2) is 4.79 Å². The first-order chi connectivity index (χ1) is 7.42. The van der Waals surface area contributed by atoms with Gasteiger partial charge in [0.25, 0.3) is 0 Å². The number of carbonyl (C=O) groups is 1. The fourth-order valence-corrected chi connectivity index (χ4v) is 1.66. The number of aryl methyl sites for hydroxylation is 1. The summed E-state index contributed by atoms with van der Waals surface area (Å²) in [6.07, 6.45) is 0.792. The smallest absolute Gasteiger partial charge is 0.335 e. The van der Waals surface area contributed by atoms with Crippen LogP contribution in [0.1, 0.15) is 42.3 Å². The van der Waals surface area contributed by atoms with Gasteiger partial charge in [-0.1, -0.05) is 13.0 Å². The summed E-state index contributed by atoms with van der Waals surface area (Å²) < 4.78 is 0. The average Bonchev–Trinajstić information content (AvgIpc) is 2.28. The molecule has 1 aromatic rings. The fourth-order valence-electron chi connectivity index (χ4n) is 1.66. The van der Waals surface area contributed by atoms with Gasteiger partial charge in [0.2, 0.25) is 0 Å². The van der Waals surface area contributed by atoms with E-state index >= 15 is 0 Å². The SMILES string of the molecule is CCc1ccc(C(=O)O)cc1C(C)(C)C#N. The molecule has 3 heteroatoms. The molecule has 0 unspecified atom stereocenters. The van der Waals surface area contributed by atoms with Crippen molar-refractivity contribution in [3.63, 3.8) is 0 Å². The molecule has 3 nitrogen and oxygen atoms in total. The van der Waals surface area contributed by atoms with Crippen molar-refractivity contribution in [3.05, 3.63) is 34.9 Å². The van der Waals surface area contributed by atoms with Crippen LogP contribution in [0.2, 0.25) is 0 Å². The molecule has 0 heterocycles. The molecule has 1 aromatic carbocycles. The van der Waals surface area contributed by atoms with Crippen molar-refractivity contribution in [1.82, 2.24) is 0 Å². The fraction of sp³-hybridized carbons (Fsp3) is 0.385. The van der Waals surface area contributed by atoms with Gasteiger partial charge in [0.1, 0.15) is 0 Å². The highest BCUT2D eigenvalue weighted by Gasteiger charge is 2.23. The molecule has 0 atom stereocenters. The predicted octanol–water partition coefficient (Wildman–Crippen LogP) is 2.75. The van der Waals surface area contributed by atoms with E-state index < -0.39 is 11.4 Å². The van der Waals surface area contributed by atoms with Crippen LogP contribution >= 0.6 is 0 Å². The lowest BCUT2D eigenvalue weighted by Gasteiger charge is -2.20. The van der Waals surface area contributed by atoms with Crippen LogP contribution in [0.15, 0.2) is 18.2 Å². The molecule has 0 aliphatic carbocycles. The molecule has 0 aliphatic heterocycles. The summed E-state index contributed by atoms with van der Waals surface area (Å²) in [5.41, 5.74) is 1.40. The van der Waals surface area contributed by atoms with Crippen LogP contribution in [0.4, 0.5) is 0 Å². The molecule has 0 aliphatic rings. The second kappa shape index (κ2) is 4.36. The van der Waals surface area contributed by atoms with E-state index in [9.17, 15) is 4.79 Å². The number of hydrogen-bond acceptors (Lipinski definition) is 2. The number of nitrogens with zero attached hydrogens (tertiary/aromatic N) is 1. The van der Waals surface area contributed by atoms with Gasteiger partial charge < -0.3 is 5.11 Å². The van der Waals surface area contributed by atoms with E-state index in [1.807, 2.05) is 6.92 Å². The first-order valence-corrected chi connectivity index (χ1v) is 5.20. The topological polar surface area (TPSA) is 61.1 Å². The lowest BCUT2D eigenvalue weighted by molar-refractivity contribution is 0.0696. The summed E-state index contributed by atoms with van der Waals surface area (Å²) >= 11 is 0. The third-order valence-corrected chi connectivity index (χ3v) is 2.69. The highest BCUT2D eigenvalue weighted by molar-refractivity contribution is 5.88. The molecule has 0 bridgehead atoms. The zero-order chi connectivity index (χ0) is 12.3. The van der Waals surface area contributed by atoms with E-state index in [-0.39, 0.29) is 5.56 Å². The van der Waals surface area contributed by atoms with Crippen molar-refractivity contribution in [2.75, 3.05) is 0 Å². The van der Waals surface area contributed by atoms with Crippen molar-refractivity contribution in [2.24, 2.45) is 0 Å². The van der Waals surface area contributed by atoms with E-state index in [2.05, 4.69) is 6.07 Å². The first kappa shape index (κ1) is 12.3. The zero-order valence-corrected chi connectivity index (χ0v) is 9.74. The second-order valence-corrected chi connectivity index (χ2v) is 4.27. The number of nitriles is 1. The molecule has 0 aromatic heterocycles.